The zero-order valence-corrected chi connectivity index (χ0v) is 11.0. The second kappa shape index (κ2) is 4.24. The maximum absolute atomic E-state index is 12.7. The van der Waals surface area contributed by atoms with Crippen molar-refractivity contribution in [2.24, 2.45) is 0 Å². The highest BCUT2D eigenvalue weighted by Crippen LogP contribution is 2.32. The Kier molecular flexibility index (Phi) is 2.38. The van der Waals surface area contributed by atoms with Crippen LogP contribution in [0.25, 0.3) is 33.3 Å². The third-order valence-electron chi connectivity index (χ3n) is 3.50. The summed E-state index contributed by atoms with van der Waals surface area (Å²) in [6.07, 6.45) is 0. The SMILES string of the molecule is Nc1oc2c(oc3ccccc32)c(=O)c1-c1ccccc1. The number of benzene rings is 2. The van der Waals surface area contributed by atoms with Gasteiger partial charge in [-0.25, -0.2) is 0 Å². The standard InChI is InChI=1S/C17H11NO3/c18-17-13(10-6-2-1-3-7-10)14(19)16-15(21-17)11-8-4-5-9-12(11)20-16/h1-9H,18H2. The van der Waals surface area contributed by atoms with Crippen LogP contribution in [0.1, 0.15) is 0 Å². The van der Waals surface area contributed by atoms with E-state index in [1.165, 1.54) is 0 Å². The lowest BCUT2D eigenvalue weighted by Gasteiger charge is -2.03. The second-order valence-electron chi connectivity index (χ2n) is 4.79. The molecule has 4 rings (SSSR count). The highest BCUT2D eigenvalue weighted by atomic mass is 16.4. The van der Waals surface area contributed by atoms with Gasteiger partial charge in [0.25, 0.3) is 0 Å². The number of rotatable bonds is 1. The van der Waals surface area contributed by atoms with E-state index in [4.69, 9.17) is 14.6 Å². The van der Waals surface area contributed by atoms with E-state index >= 15 is 0 Å². The Labute approximate surface area is 119 Å². The summed E-state index contributed by atoms with van der Waals surface area (Å²) in [4.78, 5) is 12.7. The third-order valence-corrected chi connectivity index (χ3v) is 3.50. The van der Waals surface area contributed by atoms with Crippen LogP contribution in [0.5, 0.6) is 0 Å². The molecule has 0 unspecified atom stereocenters. The molecule has 2 aromatic heterocycles. The Morgan fingerprint density at radius 3 is 2.33 bits per heavy atom. The summed E-state index contributed by atoms with van der Waals surface area (Å²) < 4.78 is 11.3. The molecule has 0 aliphatic heterocycles. The number of anilines is 1. The fraction of sp³-hybridized carbons (Fsp3) is 0. The first-order chi connectivity index (χ1) is 10.3. The van der Waals surface area contributed by atoms with Gasteiger partial charge in [-0.1, -0.05) is 42.5 Å². The van der Waals surface area contributed by atoms with E-state index in [1.807, 2.05) is 48.5 Å². The van der Waals surface area contributed by atoms with Crippen LogP contribution in [0.3, 0.4) is 0 Å². The Morgan fingerprint density at radius 2 is 1.52 bits per heavy atom. The molecule has 0 fully saturated rings. The molecule has 2 N–H and O–H groups in total. The van der Waals surface area contributed by atoms with Crippen LogP contribution in [-0.4, -0.2) is 0 Å². The van der Waals surface area contributed by atoms with Gasteiger partial charge in [-0.3, -0.25) is 4.79 Å². The third kappa shape index (κ3) is 1.66. The number of hydrogen-bond acceptors (Lipinski definition) is 4. The van der Waals surface area contributed by atoms with Crippen molar-refractivity contribution in [3.8, 4) is 11.1 Å². The minimum Gasteiger partial charge on any atom is -0.448 e. The first-order valence-corrected chi connectivity index (χ1v) is 6.55. The largest absolute Gasteiger partial charge is 0.448 e. The van der Waals surface area contributed by atoms with Gasteiger partial charge in [0.1, 0.15) is 5.58 Å². The Balaban J connectivity index is 2.16. The summed E-state index contributed by atoms with van der Waals surface area (Å²) in [5.41, 5.74) is 7.96. The van der Waals surface area contributed by atoms with Crippen molar-refractivity contribution < 1.29 is 8.83 Å². The number of nitrogen functional groups attached to an aromatic ring is 1. The zero-order valence-electron chi connectivity index (χ0n) is 11.0. The molecule has 0 bridgehead atoms. The summed E-state index contributed by atoms with van der Waals surface area (Å²) in [5, 5.41) is 0.746. The van der Waals surface area contributed by atoms with E-state index in [9.17, 15) is 4.79 Å². The van der Waals surface area contributed by atoms with Gasteiger partial charge in [0.15, 0.2) is 5.58 Å². The van der Waals surface area contributed by atoms with Gasteiger partial charge in [0.2, 0.25) is 16.9 Å². The molecule has 0 saturated carbocycles. The molecule has 4 nitrogen and oxygen atoms in total. The van der Waals surface area contributed by atoms with E-state index in [-0.39, 0.29) is 16.9 Å². The minimum absolute atomic E-state index is 0.102. The number of fused-ring (bicyclic) bond motifs is 3. The topological polar surface area (TPSA) is 69.4 Å². The molecule has 0 atom stereocenters. The molecular weight excluding hydrogens is 266 g/mol. The van der Waals surface area contributed by atoms with Crippen molar-refractivity contribution in [1.82, 2.24) is 0 Å². The predicted molar refractivity (Wildman–Crippen MR) is 82.1 cm³/mol. The normalized spacial score (nSPS) is 11.2. The van der Waals surface area contributed by atoms with Crippen LogP contribution >= 0.6 is 0 Å². The zero-order chi connectivity index (χ0) is 14.4. The fourth-order valence-corrected chi connectivity index (χ4v) is 2.54. The predicted octanol–water partition coefficient (Wildman–Crippen LogP) is 3.79. The van der Waals surface area contributed by atoms with Gasteiger partial charge < -0.3 is 14.6 Å². The molecule has 0 amide bonds. The van der Waals surface area contributed by atoms with Gasteiger partial charge in [0.05, 0.1) is 10.9 Å². The lowest BCUT2D eigenvalue weighted by Crippen LogP contribution is -2.07. The smallest absolute Gasteiger partial charge is 0.238 e. The highest BCUT2D eigenvalue weighted by molar-refractivity contribution is 6.02. The lowest BCUT2D eigenvalue weighted by atomic mass is 10.1. The van der Waals surface area contributed by atoms with Crippen LogP contribution in [0.15, 0.2) is 68.2 Å². The number of furan rings is 1. The molecule has 2 heterocycles. The average Bonchev–Trinajstić information content (AvgIpc) is 2.88. The molecule has 102 valence electrons. The number of nitrogens with two attached hydrogens (primary N) is 1. The van der Waals surface area contributed by atoms with E-state index in [2.05, 4.69) is 0 Å². The van der Waals surface area contributed by atoms with Crippen molar-refractivity contribution in [2.75, 3.05) is 5.73 Å². The first-order valence-electron chi connectivity index (χ1n) is 6.55. The summed E-state index contributed by atoms with van der Waals surface area (Å²) in [5.74, 6) is 0.102. The molecule has 0 radical (unpaired) electrons. The van der Waals surface area contributed by atoms with Gasteiger partial charge >= 0.3 is 0 Å². The Hall–Kier alpha value is -3.01. The van der Waals surface area contributed by atoms with Crippen molar-refractivity contribution >= 4 is 28.0 Å². The molecule has 4 heteroatoms. The molecule has 0 aliphatic rings. The molecule has 4 aromatic rings. The van der Waals surface area contributed by atoms with E-state index in [0.717, 1.165) is 5.39 Å². The van der Waals surface area contributed by atoms with Crippen molar-refractivity contribution in [3.05, 3.63) is 64.8 Å². The summed E-state index contributed by atoms with van der Waals surface area (Å²) in [7, 11) is 0. The maximum Gasteiger partial charge on any atom is 0.238 e. The van der Waals surface area contributed by atoms with Crippen LogP contribution < -0.4 is 11.2 Å². The average molecular weight is 277 g/mol. The summed E-state index contributed by atoms with van der Waals surface area (Å²) in [6.45, 7) is 0. The van der Waals surface area contributed by atoms with Crippen LogP contribution in [-0.2, 0) is 0 Å². The van der Waals surface area contributed by atoms with Gasteiger partial charge in [-0.05, 0) is 17.7 Å². The van der Waals surface area contributed by atoms with Gasteiger partial charge in [0, 0.05) is 0 Å². The molecule has 2 aromatic carbocycles. The van der Waals surface area contributed by atoms with Crippen molar-refractivity contribution in [2.45, 2.75) is 0 Å². The Morgan fingerprint density at radius 1 is 0.810 bits per heavy atom. The lowest BCUT2D eigenvalue weighted by molar-refractivity contribution is 0.608. The summed E-state index contributed by atoms with van der Waals surface area (Å²) in [6, 6.07) is 16.5. The van der Waals surface area contributed by atoms with Crippen LogP contribution in [0.4, 0.5) is 5.88 Å². The first kappa shape index (κ1) is 11.8. The second-order valence-corrected chi connectivity index (χ2v) is 4.79. The number of para-hydroxylation sites is 1. The quantitative estimate of drug-likeness (QED) is 0.574. The van der Waals surface area contributed by atoms with Crippen molar-refractivity contribution in [1.29, 1.82) is 0 Å². The van der Waals surface area contributed by atoms with Gasteiger partial charge in [-0.2, -0.15) is 0 Å². The van der Waals surface area contributed by atoms with Crippen LogP contribution in [0.2, 0.25) is 0 Å². The fourth-order valence-electron chi connectivity index (χ4n) is 2.54. The molecular formula is C17H11NO3. The molecule has 0 saturated heterocycles. The molecule has 0 spiro atoms. The number of hydrogen-bond donors (Lipinski definition) is 1. The minimum atomic E-state index is -0.254. The van der Waals surface area contributed by atoms with Gasteiger partial charge in [-0.15, -0.1) is 0 Å². The molecule has 0 aliphatic carbocycles. The Bertz CT molecular complexity index is 1010. The summed E-state index contributed by atoms with van der Waals surface area (Å²) >= 11 is 0. The van der Waals surface area contributed by atoms with E-state index in [1.54, 1.807) is 6.07 Å². The highest BCUT2D eigenvalue weighted by Gasteiger charge is 2.19. The van der Waals surface area contributed by atoms with Crippen LogP contribution in [0, 0.1) is 0 Å². The maximum atomic E-state index is 12.7. The van der Waals surface area contributed by atoms with Crippen molar-refractivity contribution in [3.63, 3.8) is 0 Å². The molecule has 21 heavy (non-hydrogen) atoms. The van der Waals surface area contributed by atoms with E-state index < -0.39 is 0 Å². The monoisotopic (exact) mass is 277 g/mol. The van der Waals surface area contributed by atoms with E-state index in [0.29, 0.717) is 22.3 Å².